The van der Waals surface area contributed by atoms with Gasteiger partial charge in [-0.25, -0.2) is 0 Å². The summed E-state index contributed by atoms with van der Waals surface area (Å²) < 4.78 is 5.11. The molecule has 0 saturated heterocycles. The van der Waals surface area contributed by atoms with E-state index in [0.29, 0.717) is 0 Å². The zero-order valence-corrected chi connectivity index (χ0v) is 16.7. The summed E-state index contributed by atoms with van der Waals surface area (Å²) in [6.45, 7) is 0. The van der Waals surface area contributed by atoms with Crippen molar-refractivity contribution in [2.75, 3.05) is 7.11 Å². The topological polar surface area (TPSA) is 104 Å². The molecule has 0 bridgehead atoms. The number of methoxy groups -OCH3 is 1. The SMILES string of the molecule is COc1ccc(/C=C/CC(O)c2cc(O)c3c(c2O)C(=O)c2ccccc2C3=O)cc1. The monoisotopic (exact) mass is 416 g/mol. The van der Waals surface area contributed by atoms with Crippen LogP contribution in [0.15, 0.2) is 60.7 Å². The molecule has 1 aliphatic rings. The number of benzene rings is 3. The summed E-state index contributed by atoms with van der Waals surface area (Å²) >= 11 is 0. The van der Waals surface area contributed by atoms with E-state index >= 15 is 0 Å². The van der Waals surface area contributed by atoms with Gasteiger partial charge in [0.05, 0.1) is 24.3 Å². The van der Waals surface area contributed by atoms with Crippen LogP contribution in [0.2, 0.25) is 0 Å². The van der Waals surface area contributed by atoms with Gasteiger partial charge >= 0.3 is 0 Å². The fraction of sp³-hybridized carbons (Fsp3) is 0.120. The third-order valence-corrected chi connectivity index (χ3v) is 5.32. The molecule has 0 radical (unpaired) electrons. The van der Waals surface area contributed by atoms with E-state index in [1.165, 1.54) is 12.1 Å². The smallest absolute Gasteiger partial charge is 0.198 e. The number of ketones is 2. The average Bonchev–Trinajstić information content (AvgIpc) is 2.79. The molecule has 31 heavy (non-hydrogen) atoms. The maximum absolute atomic E-state index is 12.9. The zero-order chi connectivity index (χ0) is 22.1. The van der Waals surface area contributed by atoms with E-state index in [1.807, 2.05) is 24.3 Å². The van der Waals surface area contributed by atoms with Crippen molar-refractivity contribution in [1.29, 1.82) is 0 Å². The van der Waals surface area contributed by atoms with Crippen LogP contribution in [0.25, 0.3) is 6.08 Å². The minimum Gasteiger partial charge on any atom is -0.507 e. The highest BCUT2D eigenvalue weighted by atomic mass is 16.5. The number of aromatic hydroxyl groups is 2. The molecule has 4 rings (SSSR count). The van der Waals surface area contributed by atoms with Gasteiger partial charge in [-0.3, -0.25) is 9.59 Å². The number of aliphatic hydroxyl groups excluding tert-OH is 1. The highest BCUT2D eigenvalue weighted by molar-refractivity contribution is 6.30. The summed E-state index contributed by atoms with van der Waals surface area (Å²) in [6, 6.07) is 14.7. The molecule has 156 valence electrons. The molecule has 3 aromatic carbocycles. The fourth-order valence-corrected chi connectivity index (χ4v) is 3.71. The van der Waals surface area contributed by atoms with E-state index < -0.39 is 29.2 Å². The van der Waals surface area contributed by atoms with Crippen molar-refractivity contribution < 1.29 is 29.6 Å². The average molecular weight is 416 g/mol. The molecule has 6 nitrogen and oxygen atoms in total. The number of ether oxygens (including phenoxy) is 1. The largest absolute Gasteiger partial charge is 0.507 e. The van der Waals surface area contributed by atoms with Gasteiger partial charge < -0.3 is 20.1 Å². The molecule has 1 unspecified atom stereocenters. The highest BCUT2D eigenvalue weighted by Gasteiger charge is 2.36. The van der Waals surface area contributed by atoms with E-state index in [1.54, 1.807) is 31.4 Å². The Kier molecular flexibility index (Phi) is 5.31. The number of hydrogen-bond acceptors (Lipinski definition) is 6. The van der Waals surface area contributed by atoms with Crippen molar-refractivity contribution in [1.82, 2.24) is 0 Å². The van der Waals surface area contributed by atoms with Gasteiger partial charge in [0.15, 0.2) is 11.6 Å². The molecule has 0 spiro atoms. The van der Waals surface area contributed by atoms with E-state index in [-0.39, 0.29) is 34.2 Å². The Balaban J connectivity index is 1.64. The number of carbonyl (C=O) groups is 2. The van der Waals surface area contributed by atoms with Gasteiger partial charge in [-0.2, -0.15) is 0 Å². The Bertz CT molecular complexity index is 1210. The zero-order valence-electron chi connectivity index (χ0n) is 16.7. The van der Waals surface area contributed by atoms with Crippen LogP contribution in [0.5, 0.6) is 17.2 Å². The highest BCUT2D eigenvalue weighted by Crippen LogP contribution is 2.42. The number of hydrogen-bond donors (Lipinski definition) is 3. The van der Waals surface area contributed by atoms with E-state index in [4.69, 9.17) is 4.74 Å². The standard InChI is InChI=1S/C25H20O6/c1-31-15-11-9-14(10-12-15)5-4-8-19(26)18-13-20(27)21-22(25(18)30)24(29)17-7-3-2-6-16(17)23(21)28/h2-7,9-13,19,26-27,30H,8H2,1H3/b5-4+. The lowest BCUT2D eigenvalue weighted by Gasteiger charge is -2.22. The van der Waals surface area contributed by atoms with Crippen LogP contribution in [0.1, 0.15) is 55.5 Å². The lowest BCUT2D eigenvalue weighted by atomic mass is 9.81. The van der Waals surface area contributed by atoms with Gasteiger partial charge in [-0.15, -0.1) is 0 Å². The summed E-state index contributed by atoms with van der Waals surface area (Å²) in [5, 5.41) is 31.8. The Morgan fingerprint density at radius 1 is 0.935 bits per heavy atom. The summed E-state index contributed by atoms with van der Waals surface area (Å²) in [5.41, 5.74) is 0.674. The van der Waals surface area contributed by atoms with Crippen molar-refractivity contribution in [3.05, 3.63) is 94.1 Å². The van der Waals surface area contributed by atoms with Crippen LogP contribution >= 0.6 is 0 Å². The van der Waals surface area contributed by atoms with Crippen LogP contribution in [0.3, 0.4) is 0 Å². The predicted molar refractivity (Wildman–Crippen MR) is 115 cm³/mol. The van der Waals surface area contributed by atoms with E-state index in [2.05, 4.69) is 0 Å². The molecule has 1 atom stereocenters. The molecule has 0 aromatic heterocycles. The summed E-state index contributed by atoms with van der Waals surface area (Å²) in [5.74, 6) is -1.33. The minimum absolute atomic E-state index is 0.0174. The van der Waals surface area contributed by atoms with E-state index in [0.717, 1.165) is 17.4 Å². The molecule has 6 heteroatoms. The summed E-state index contributed by atoms with van der Waals surface area (Å²) in [4.78, 5) is 25.7. The molecule has 0 amide bonds. The van der Waals surface area contributed by atoms with Crippen molar-refractivity contribution in [3.63, 3.8) is 0 Å². The maximum atomic E-state index is 12.9. The van der Waals surface area contributed by atoms with Crippen LogP contribution < -0.4 is 4.74 Å². The molecule has 0 saturated carbocycles. The second-order valence-corrected chi connectivity index (χ2v) is 7.21. The van der Waals surface area contributed by atoms with Crippen LogP contribution in [0, 0.1) is 0 Å². The van der Waals surface area contributed by atoms with Gasteiger partial charge in [0, 0.05) is 16.7 Å². The second kappa shape index (κ2) is 8.08. The fourth-order valence-electron chi connectivity index (χ4n) is 3.71. The number of aliphatic hydroxyl groups is 1. The number of phenols is 2. The van der Waals surface area contributed by atoms with Gasteiger partial charge in [0.1, 0.15) is 17.2 Å². The first-order valence-electron chi connectivity index (χ1n) is 9.68. The Hall–Kier alpha value is -3.90. The van der Waals surface area contributed by atoms with E-state index in [9.17, 15) is 24.9 Å². The first-order valence-corrected chi connectivity index (χ1v) is 9.68. The number of rotatable bonds is 5. The molecular weight excluding hydrogens is 396 g/mol. The van der Waals surface area contributed by atoms with Crippen LogP contribution in [0.4, 0.5) is 0 Å². The Morgan fingerprint density at radius 3 is 2.16 bits per heavy atom. The molecule has 0 fully saturated rings. The third-order valence-electron chi connectivity index (χ3n) is 5.32. The number of fused-ring (bicyclic) bond motifs is 2. The van der Waals surface area contributed by atoms with Crippen molar-refractivity contribution in [3.8, 4) is 17.2 Å². The summed E-state index contributed by atoms with van der Waals surface area (Å²) in [7, 11) is 1.58. The van der Waals surface area contributed by atoms with Gasteiger partial charge in [0.2, 0.25) is 0 Å². The van der Waals surface area contributed by atoms with Crippen molar-refractivity contribution in [2.24, 2.45) is 0 Å². The molecule has 3 N–H and O–H groups in total. The van der Waals surface area contributed by atoms with Crippen LogP contribution in [-0.2, 0) is 0 Å². The van der Waals surface area contributed by atoms with Gasteiger partial charge in [-0.1, -0.05) is 48.6 Å². The third kappa shape index (κ3) is 3.58. The molecule has 0 aliphatic heterocycles. The molecule has 1 aliphatic carbocycles. The van der Waals surface area contributed by atoms with Gasteiger partial charge in [-0.05, 0) is 30.2 Å². The first kappa shape index (κ1) is 20.4. The Morgan fingerprint density at radius 2 is 1.55 bits per heavy atom. The maximum Gasteiger partial charge on any atom is 0.198 e. The summed E-state index contributed by atoms with van der Waals surface area (Å²) in [6.07, 6.45) is 2.44. The van der Waals surface area contributed by atoms with Crippen molar-refractivity contribution >= 4 is 17.6 Å². The van der Waals surface area contributed by atoms with Crippen molar-refractivity contribution in [2.45, 2.75) is 12.5 Å². The minimum atomic E-state index is -1.19. The lowest BCUT2D eigenvalue weighted by molar-refractivity contribution is 0.0973. The molecule has 0 heterocycles. The Labute approximate surface area is 178 Å². The molecule has 3 aromatic rings. The normalized spacial score (nSPS) is 13.7. The second-order valence-electron chi connectivity index (χ2n) is 7.21. The quantitative estimate of drug-likeness (QED) is 0.425. The first-order chi connectivity index (χ1) is 14.9. The number of phenolic OH excluding ortho intramolecular Hbond substituents is 2. The lowest BCUT2D eigenvalue weighted by Crippen LogP contribution is -2.22. The van der Waals surface area contributed by atoms with Gasteiger partial charge in [0.25, 0.3) is 0 Å². The van der Waals surface area contributed by atoms with Crippen LogP contribution in [-0.4, -0.2) is 34.0 Å². The predicted octanol–water partition coefficient (Wildman–Crippen LogP) is 4.02. The molecular formula is C25H20O6. The number of carbonyl (C=O) groups excluding carboxylic acids is 2.